The lowest BCUT2D eigenvalue weighted by atomic mass is 9.84. The van der Waals surface area contributed by atoms with Gasteiger partial charge in [0, 0.05) is 23.9 Å². The Morgan fingerprint density at radius 2 is 2.00 bits per heavy atom. The fourth-order valence-corrected chi connectivity index (χ4v) is 3.99. The van der Waals surface area contributed by atoms with E-state index in [0.29, 0.717) is 5.92 Å². The molecule has 4 rings (SSSR count). The van der Waals surface area contributed by atoms with Crippen LogP contribution in [-0.2, 0) is 19.4 Å². The average molecular weight is 284 g/mol. The number of hydrogen-bond acceptors (Lipinski definition) is 3. The van der Waals surface area contributed by atoms with Gasteiger partial charge >= 0.3 is 0 Å². The molecule has 1 aromatic heterocycles. The summed E-state index contributed by atoms with van der Waals surface area (Å²) in [6.45, 7) is 0.949. The summed E-state index contributed by atoms with van der Waals surface area (Å²) in [5.74, 6) is 0.629. The van der Waals surface area contributed by atoms with Crippen molar-refractivity contribution < 1.29 is 0 Å². The molecular formula is C17H20N2S. The van der Waals surface area contributed by atoms with Crippen LogP contribution >= 0.6 is 11.3 Å². The SMILES string of the molecule is c1ccc2c(c1)CCC(c1nc(CNC3CC3)cs1)C2. The average Bonchev–Trinajstić information content (AvgIpc) is 3.21. The Labute approximate surface area is 124 Å². The molecule has 2 aromatic rings. The molecule has 0 amide bonds. The van der Waals surface area contributed by atoms with Crippen LogP contribution in [0.15, 0.2) is 29.6 Å². The van der Waals surface area contributed by atoms with Gasteiger partial charge in [-0.3, -0.25) is 0 Å². The lowest BCUT2D eigenvalue weighted by Gasteiger charge is -2.22. The smallest absolute Gasteiger partial charge is 0.0963 e. The van der Waals surface area contributed by atoms with Crippen molar-refractivity contribution in [2.45, 2.75) is 50.6 Å². The molecule has 1 unspecified atom stereocenters. The van der Waals surface area contributed by atoms with E-state index in [1.165, 1.54) is 53.9 Å². The number of nitrogens with one attached hydrogen (secondary N) is 1. The second-order valence-electron chi connectivity index (χ2n) is 6.04. The summed E-state index contributed by atoms with van der Waals surface area (Å²) < 4.78 is 0. The second-order valence-corrected chi connectivity index (χ2v) is 6.93. The van der Waals surface area contributed by atoms with E-state index in [4.69, 9.17) is 4.98 Å². The van der Waals surface area contributed by atoms with Crippen molar-refractivity contribution in [1.29, 1.82) is 0 Å². The predicted octanol–water partition coefficient (Wildman–Crippen LogP) is 3.67. The molecule has 1 heterocycles. The molecule has 2 nitrogen and oxygen atoms in total. The van der Waals surface area contributed by atoms with Gasteiger partial charge in [-0.25, -0.2) is 4.98 Å². The van der Waals surface area contributed by atoms with E-state index in [1.807, 2.05) is 11.3 Å². The number of aromatic nitrogens is 1. The zero-order valence-corrected chi connectivity index (χ0v) is 12.5. The highest BCUT2D eigenvalue weighted by Crippen LogP contribution is 2.34. The third-order valence-corrected chi connectivity index (χ3v) is 5.47. The first kappa shape index (κ1) is 12.5. The maximum absolute atomic E-state index is 4.86. The van der Waals surface area contributed by atoms with Crippen molar-refractivity contribution in [3.63, 3.8) is 0 Å². The number of fused-ring (bicyclic) bond motifs is 1. The molecule has 3 heteroatoms. The van der Waals surface area contributed by atoms with E-state index in [0.717, 1.165) is 12.6 Å². The summed E-state index contributed by atoms with van der Waals surface area (Å²) in [6.07, 6.45) is 6.31. The molecule has 2 aliphatic rings. The van der Waals surface area contributed by atoms with Crippen molar-refractivity contribution in [1.82, 2.24) is 10.3 Å². The van der Waals surface area contributed by atoms with E-state index in [1.54, 1.807) is 0 Å². The first-order valence-corrected chi connectivity index (χ1v) is 8.51. The Bertz CT molecular complexity index is 601. The maximum Gasteiger partial charge on any atom is 0.0963 e. The molecule has 0 radical (unpaired) electrons. The lowest BCUT2D eigenvalue weighted by Crippen LogP contribution is -2.16. The predicted molar refractivity (Wildman–Crippen MR) is 83.2 cm³/mol. The van der Waals surface area contributed by atoms with Gasteiger partial charge in [-0.15, -0.1) is 11.3 Å². The van der Waals surface area contributed by atoms with E-state index >= 15 is 0 Å². The summed E-state index contributed by atoms with van der Waals surface area (Å²) in [6, 6.07) is 9.64. The number of hydrogen-bond donors (Lipinski definition) is 1. The zero-order chi connectivity index (χ0) is 13.4. The number of nitrogens with zero attached hydrogens (tertiary/aromatic N) is 1. The van der Waals surface area contributed by atoms with E-state index in [9.17, 15) is 0 Å². The fourth-order valence-electron chi connectivity index (χ4n) is 3.04. The third kappa shape index (κ3) is 2.65. The molecule has 1 N–H and O–H groups in total. The number of aryl methyl sites for hydroxylation is 1. The number of benzene rings is 1. The fraction of sp³-hybridized carbons (Fsp3) is 0.471. The summed E-state index contributed by atoms with van der Waals surface area (Å²) in [7, 11) is 0. The molecule has 0 saturated heterocycles. The molecule has 0 aliphatic heterocycles. The normalized spacial score (nSPS) is 21.7. The van der Waals surface area contributed by atoms with E-state index in [-0.39, 0.29) is 0 Å². The van der Waals surface area contributed by atoms with Crippen molar-refractivity contribution in [3.8, 4) is 0 Å². The summed E-state index contributed by atoms with van der Waals surface area (Å²) >= 11 is 1.85. The van der Waals surface area contributed by atoms with Gasteiger partial charge < -0.3 is 5.32 Å². The third-order valence-electron chi connectivity index (χ3n) is 4.41. The topological polar surface area (TPSA) is 24.9 Å². The van der Waals surface area contributed by atoms with Crippen LogP contribution in [0.25, 0.3) is 0 Å². The van der Waals surface area contributed by atoms with Crippen molar-refractivity contribution in [2.75, 3.05) is 0 Å². The van der Waals surface area contributed by atoms with Gasteiger partial charge in [-0.05, 0) is 43.2 Å². The van der Waals surface area contributed by atoms with Gasteiger partial charge in [0.1, 0.15) is 0 Å². The van der Waals surface area contributed by atoms with Gasteiger partial charge in [0.05, 0.1) is 10.7 Å². The summed E-state index contributed by atoms with van der Waals surface area (Å²) in [5.41, 5.74) is 4.29. The standard InChI is InChI=1S/C17H20N2S/c1-2-4-13-9-14(6-5-12(13)3-1)17-19-16(11-20-17)10-18-15-7-8-15/h1-4,11,14-15,18H,5-10H2. The Kier molecular flexibility index (Phi) is 3.32. The first-order valence-electron chi connectivity index (χ1n) is 7.63. The van der Waals surface area contributed by atoms with Gasteiger partial charge in [0.25, 0.3) is 0 Å². The van der Waals surface area contributed by atoms with Gasteiger partial charge in [-0.2, -0.15) is 0 Å². The van der Waals surface area contributed by atoms with Crippen molar-refractivity contribution in [2.24, 2.45) is 0 Å². The molecule has 1 saturated carbocycles. The highest BCUT2D eigenvalue weighted by molar-refractivity contribution is 7.09. The van der Waals surface area contributed by atoms with Crippen LogP contribution in [0.2, 0.25) is 0 Å². The summed E-state index contributed by atoms with van der Waals surface area (Å²) in [5, 5.41) is 7.13. The van der Waals surface area contributed by atoms with Crippen molar-refractivity contribution in [3.05, 3.63) is 51.5 Å². The van der Waals surface area contributed by atoms with E-state index < -0.39 is 0 Å². The Balaban J connectivity index is 1.45. The van der Waals surface area contributed by atoms with Crippen LogP contribution in [0.3, 0.4) is 0 Å². The zero-order valence-electron chi connectivity index (χ0n) is 11.6. The summed E-state index contributed by atoms with van der Waals surface area (Å²) in [4.78, 5) is 4.86. The first-order chi connectivity index (χ1) is 9.88. The van der Waals surface area contributed by atoms with Crippen LogP contribution in [0.4, 0.5) is 0 Å². The minimum atomic E-state index is 0.629. The number of thiazole rings is 1. The highest BCUT2D eigenvalue weighted by atomic mass is 32.1. The molecule has 1 atom stereocenters. The number of rotatable bonds is 4. The molecule has 0 spiro atoms. The molecule has 0 bridgehead atoms. The van der Waals surface area contributed by atoms with Crippen LogP contribution < -0.4 is 5.32 Å². The molecule has 1 fully saturated rings. The Morgan fingerprint density at radius 1 is 1.15 bits per heavy atom. The van der Waals surface area contributed by atoms with Crippen molar-refractivity contribution >= 4 is 11.3 Å². The minimum absolute atomic E-state index is 0.629. The molecule has 20 heavy (non-hydrogen) atoms. The van der Waals surface area contributed by atoms with Gasteiger partial charge in [0.2, 0.25) is 0 Å². The van der Waals surface area contributed by atoms with Crippen LogP contribution in [-0.4, -0.2) is 11.0 Å². The minimum Gasteiger partial charge on any atom is -0.308 e. The maximum atomic E-state index is 4.86. The van der Waals surface area contributed by atoms with Gasteiger partial charge in [-0.1, -0.05) is 24.3 Å². The van der Waals surface area contributed by atoms with Gasteiger partial charge in [0.15, 0.2) is 0 Å². The van der Waals surface area contributed by atoms with Crippen LogP contribution in [0.1, 0.15) is 47.0 Å². The quantitative estimate of drug-likeness (QED) is 0.926. The molecular weight excluding hydrogens is 264 g/mol. The molecule has 1 aromatic carbocycles. The Hall–Kier alpha value is -1.19. The highest BCUT2D eigenvalue weighted by Gasteiger charge is 2.23. The largest absolute Gasteiger partial charge is 0.308 e. The monoisotopic (exact) mass is 284 g/mol. The lowest BCUT2D eigenvalue weighted by molar-refractivity contribution is 0.578. The molecule has 104 valence electrons. The Morgan fingerprint density at radius 3 is 2.85 bits per heavy atom. The van der Waals surface area contributed by atoms with E-state index in [2.05, 4.69) is 35.0 Å². The van der Waals surface area contributed by atoms with Crippen LogP contribution in [0.5, 0.6) is 0 Å². The second kappa shape index (κ2) is 5.30. The van der Waals surface area contributed by atoms with Crippen LogP contribution in [0, 0.1) is 0 Å². The molecule has 2 aliphatic carbocycles.